The van der Waals surface area contributed by atoms with E-state index >= 15 is 0 Å². The summed E-state index contributed by atoms with van der Waals surface area (Å²) in [7, 11) is 0. The second kappa shape index (κ2) is 9.09. The third-order valence-corrected chi connectivity index (χ3v) is 4.07. The van der Waals surface area contributed by atoms with Crippen molar-refractivity contribution in [1.29, 1.82) is 0 Å². The van der Waals surface area contributed by atoms with Gasteiger partial charge in [0.2, 0.25) is 0 Å². The van der Waals surface area contributed by atoms with Gasteiger partial charge in [-0.05, 0) is 12.5 Å². The zero-order valence-corrected chi connectivity index (χ0v) is 14.4. The SMILES string of the molecule is C#CC1(OCC(=O)OCC)CCN(C(=O)OCc2ccccc2)CC1. The van der Waals surface area contributed by atoms with E-state index in [0.717, 1.165) is 5.56 Å². The monoisotopic (exact) mass is 345 g/mol. The Hall–Kier alpha value is -2.52. The first kappa shape index (κ1) is 18.8. The second-order valence-corrected chi connectivity index (χ2v) is 5.76. The van der Waals surface area contributed by atoms with Crippen molar-refractivity contribution >= 4 is 12.1 Å². The molecule has 1 aromatic rings. The molecule has 0 saturated carbocycles. The molecule has 2 rings (SSSR count). The number of hydrogen-bond acceptors (Lipinski definition) is 5. The third-order valence-electron chi connectivity index (χ3n) is 4.07. The molecule has 0 unspecified atom stereocenters. The van der Waals surface area contributed by atoms with E-state index in [1.807, 2.05) is 30.3 Å². The largest absolute Gasteiger partial charge is 0.464 e. The Morgan fingerprint density at radius 1 is 1.20 bits per heavy atom. The van der Waals surface area contributed by atoms with Crippen molar-refractivity contribution in [3.8, 4) is 12.3 Å². The summed E-state index contributed by atoms with van der Waals surface area (Å²) in [6, 6.07) is 9.50. The maximum atomic E-state index is 12.2. The topological polar surface area (TPSA) is 65.1 Å². The van der Waals surface area contributed by atoms with Crippen molar-refractivity contribution < 1.29 is 23.8 Å². The first-order valence-electron chi connectivity index (χ1n) is 8.31. The molecule has 1 aromatic carbocycles. The highest BCUT2D eigenvalue weighted by Gasteiger charge is 2.36. The zero-order chi connectivity index (χ0) is 18.1. The lowest BCUT2D eigenvalue weighted by atomic mass is 9.92. The Morgan fingerprint density at radius 2 is 1.88 bits per heavy atom. The van der Waals surface area contributed by atoms with E-state index in [9.17, 15) is 9.59 Å². The number of hydrogen-bond donors (Lipinski definition) is 0. The quantitative estimate of drug-likeness (QED) is 0.585. The fourth-order valence-electron chi connectivity index (χ4n) is 2.59. The van der Waals surface area contributed by atoms with E-state index in [1.165, 1.54) is 0 Å². The van der Waals surface area contributed by atoms with Gasteiger partial charge in [0.25, 0.3) is 0 Å². The molecule has 1 aliphatic heterocycles. The first-order valence-corrected chi connectivity index (χ1v) is 8.31. The van der Waals surface area contributed by atoms with Crippen LogP contribution < -0.4 is 0 Å². The van der Waals surface area contributed by atoms with Crippen LogP contribution in [0, 0.1) is 12.3 Å². The third kappa shape index (κ3) is 5.50. The molecule has 0 aliphatic carbocycles. The summed E-state index contributed by atoms with van der Waals surface area (Å²) in [6.07, 6.45) is 6.11. The van der Waals surface area contributed by atoms with Crippen LogP contribution in [0.3, 0.4) is 0 Å². The molecule has 1 fully saturated rings. The van der Waals surface area contributed by atoms with Crippen LogP contribution in [-0.4, -0.2) is 48.9 Å². The van der Waals surface area contributed by atoms with Crippen molar-refractivity contribution in [1.82, 2.24) is 4.90 Å². The average Bonchev–Trinajstić information content (AvgIpc) is 2.66. The Morgan fingerprint density at radius 3 is 2.48 bits per heavy atom. The van der Waals surface area contributed by atoms with E-state index in [1.54, 1.807) is 11.8 Å². The molecule has 134 valence electrons. The number of amides is 1. The first-order chi connectivity index (χ1) is 12.1. The standard InChI is InChI=1S/C19H23NO5/c1-3-19(25-15-17(21)23-4-2)10-12-20(13-11-19)18(22)24-14-16-8-6-5-7-9-16/h1,5-9H,4,10-15H2,2H3. The molecule has 1 amide bonds. The summed E-state index contributed by atoms with van der Waals surface area (Å²) in [6.45, 7) is 2.91. The van der Waals surface area contributed by atoms with Gasteiger partial charge in [0.1, 0.15) is 18.8 Å². The number of carbonyl (C=O) groups is 2. The lowest BCUT2D eigenvalue weighted by molar-refractivity contribution is -0.154. The van der Waals surface area contributed by atoms with E-state index < -0.39 is 11.6 Å². The van der Waals surface area contributed by atoms with Crippen LogP contribution in [0.1, 0.15) is 25.3 Å². The molecule has 1 aliphatic rings. The highest BCUT2D eigenvalue weighted by Crippen LogP contribution is 2.26. The van der Waals surface area contributed by atoms with Crippen molar-refractivity contribution in [3.05, 3.63) is 35.9 Å². The van der Waals surface area contributed by atoms with Crippen LogP contribution in [0.25, 0.3) is 0 Å². The van der Waals surface area contributed by atoms with Crippen LogP contribution in [0.15, 0.2) is 30.3 Å². The van der Waals surface area contributed by atoms with Gasteiger partial charge in [0.15, 0.2) is 0 Å². The summed E-state index contributed by atoms with van der Waals surface area (Å²) < 4.78 is 15.8. The minimum atomic E-state index is -0.844. The molecule has 0 atom stereocenters. The lowest BCUT2D eigenvalue weighted by Gasteiger charge is -2.37. The maximum absolute atomic E-state index is 12.2. The van der Waals surface area contributed by atoms with Gasteiger partial charge in [-0.1, -0.05) is 36.3 Å². The molecule has 6 heteroatoms. The van der Waals surface area contributed by atoms with Crippen LogP contribution in [-0.2, 0) is 25.6 Å². The Bertz CT molecular complexity index is 614. The van der Waals surface area contributed by atoms with Crippen molar-refractivity contribution in [3.63, 3.8) is 0 Å². The molecule has 25 heavy (non-hydrogen) atoms. The Kier molecular flexibility index (Phi) is 6.84. The van der Waals surface area contributed by atoms with Gasteiger partial charge in [0, 0.05) is 25.9 Å². The summed E-state index contributed by atoms with van der Waals surface area (Å²) in [5, 5.41) is 0. The van der Waals surface area contributed by atoms with Crippen molar-refractivity contribution in [2.75, 3.05) is 26.3 Å². The molecule has 0 spiro atoms. The second-order valence-electron chi connectivity index (χ2n) is 5.76. The van der Waals surface area contributed by atoms with E-state index in [-0.39, 0.29) is 19.3 Å². The predicted molar refractivity (Wildman–Crippen MR) is 91.6 cm³/mol. The van der Waals surface area contributed by atoms with Crippen molar-refractivity contribution in [2.45, 2.75) is 32.0 Å². The van der Waals surface area contributed by atoms with Crippen LogP contribution in [0.5, 0.6) is 0 Å². The summed E-state index contributed by atoms with van der Waals surface area (Å²) in [5.74, 6) is 2.18. The van der Waals surface area contributed by atoms with Gasteiger partial charge in [-0.25, -0.2) is 9.59 Å². The highest BCUT2D eigenvalue weighted by atomic mass is 16.6. The fourth-order valence-corrected chi connectivity index (χ4v) is 2.59. The highest BCUT2D eigenvalue weighted by molar-refractivity contribution is 5.70. The van der Waals surface area contributed by atoms with Gasteiger partial charge in [-0.3, -0.25) is 0 Å². The van der Waals surface area contributed by atoms with Gasteiger partial charge in [0.05, 0.1) is 6.61 Å². The molecule has 0 radical (unpaired) electrons. The smallest absolute Gasteiger partial charge is 0.410 e. The molecular formula is C19H23NO5. The summed E-state index contributed by atoms with van der Waals surface area (Å²) >= 11 is 0. The summed E-state index contributed by atoms with van der Waals surface area (Å²) in [4.78, 5) is 25.2. The lowest BCUT2D eigenvalue weighted by Crippen LogP contribution is -2.48. The molecule has 0 aromatic heterocycles. The van der Waals surface area contributed by atoms with Gasteiger partial charge < -0.3 is 19.1 Å². The predicted octanol–water partition coefficient (Wildman–Crippen LogP) is 2.37. The number of terminal acetylenes is 1. The van der Waals surface area contributed by atoms with Gasteiger partial charge in [-0.2, -0.15) is 0 Å². The number of nitrogens with zero attached hydrogens (tertiary/aromatic N) is 1. The number of carbonyl (C=O) groups excluding carboxylic acids is 2. The number of likely N-dealkylation sites (tertiary alicyclic amines) is 1. The molecule has 1 heterocycles. The van der Waals surface area contributed by atoms with E-state index in [4.69, 9.17) is 20.6 Å². The molecule has 0 N–H and O–H groups in total. The van der Waals surface area contributed by atoms with E-state index in [2.05, 4.69) is 5.92 Å². The normalized spacial score (nSPS) is 15.9. The number of piperidine rings is 1. The number of rotatable bonds is 6. The Balaban J connectivity index is 1.79. The minimum Gasteiger partial charge on any atom is -0.464 e. The number of ether oxygens (including phenoxy) is 3. The Labute approximate surface area is 148 Å². The zero-order valence-electron chi connectivity index (χ0n) is 14.4. The molecule has 0 bridgehead atoms. The molecule has 1 saturated heterocycles. The van der Waals surface area contributed by atoms with Gasteiger partial charge >= 0.3 is 12.1 Å². The van der Waals surface area contributed by atoms with Crippen LogP contribution in [0.2, 0.25) is 0 Å². The van der Waals surface area contributed by atoms with E-state index in [0.29, 0.717) is 32.5 Å². The van der Waals surface area contributed by atoms with Crippen LogP contribution >= 0.6 is 0 Å². The maximum Gasteiger partial charge on any atom is 0.410 e. The molecular weight excluding hydrogens is 322 g/mol. The number of esters is 1. The minimum absolute atomic E-state index is 0.184. The molecule has 6 nitrogen and oxygen atoms in total. The van der Waals surface area contributed by atoms with Gasteiger partial charge in [-0.15, -0.1) is 6.42 Å². The average molecular weight is 345 g/mol. The van der Waals surface area contributed by atoms with Crippen LogP contribution in [0.4, 0.5) is 4.79 Å². The summed E-state index contributed by atoms with van der Waals surface area (Å²) in [5.41, 5.74) is 0.0896. The van der Waals surface area contributed by atoms with Crippen molar-refractivity contribution in [2.24, 2.45) is 0 Å². The fraction of sp³-hybridized carbons (Fsp3) is 0.474. The number of benzene rings is 1.